The van der Waals surface area contributed by atoms with E-state index in [4.69, 9.17) is 0 Å². The van der Waals surface area contributed by atoms with Crippen LogP contribution in [0.4, 0.5) is 0 Å². The van der Waals surface area contributed by atoms with Crippen LogP contribution in [-0.2, 0) is 11.2 Å². The summed E-state index contributed by atoms with van der Waals surface area (Å²) < 4.78 is 0. The molecular formula is C17H20N2OS. The van der Waals surface area contributed by atoms with E-state index in [1.54, 1.807) is 24.2 Å². The Balaban J connectivity index is 1.89. The van der Waals surface area contributed by atoms with Crippen molar-refractivity contribution in [1.29, 1.82) is 0 Å². The lowest BCUT2D eigenvalue weighted by Gasteiger charge is -2.18. The highest BCUT2D eigenvalue weighted by molar-refractivity contribution is 7.98. The van der Waals surface area contributed by atoms with Crippen LogP contribution in [-0.4, -0.2) is 22.9 Å². The van der Waals surface area contributed by atoms with E-state index in [0.717, 1.165) is 23.3 Å². The number of amides is 1. The number of nitrogens with one attached hydrogen (secondary N) is 1. The minimum absolute atomic E-state index is 0.0751. The number of benzene rings is 1. The number of nitrogens with zero attached hydrogens (tertiary/aromatic N) is 1. The molecule has 4 heteroatoms. The van der Waals surface area contributed by atoms with E-state index in [-0.39, 0.29) is 11.9 Å². The van der Waals surface area contributed by atoms with Gasteiger partial charge in [-0.3, -0.25) is 9.78 Å². The molecule has 1 atom stereocenters. The summed E-state index contributed by atoms with van der Waals surface area (Å²) in [5, 5.41) is 3.13. The molecule has 1 amide bonds. The maximum Gasteiger partial charge on any atom is 0.220 e. The quantitative estimate of drug-likeness (QED) is 0.853. The fourth-order valence-electron chi connectivity index (χ4n) is 2.15. The van der Waals surface area contributed by atoms with E-state index in [2.05, 4.69) is 28.7 Å². The first-order chi connectivity index (χ1) is 10.3. The van der Waals surface area contributed by atoms with E-state index in [0.29, 0.717) is 6.42 Å². The van der Waals surface area contributed by atoms with Crippen LogP contribution in [0.3, 0.4) is 0 Å². The zero-order valence-electron chi connectivity index (χ0n) is 12.2. The number of hydrogen-bond donors (Lipinski definition) is 1. The molecule has 0 aliphatic rings. The lowest BCUT2D eigenvalue weighted by atomic mass is 10.1. The first-order valence-electron chi connectivity index (χ1n) is 7.01. The maximum atomic E-state index is 12.1. The number of hydrogen-bond acceptors (Lipinski definition) is 3. The zero-order valence-corrected chi connectivity index (χ0v) is 13.0. The largest absolute Gasteiger partial charge is 0.348 e. The van der Waals surface area contributed by atoms with Gasteiger partial charge in [0.2, 0.25) is 5.91 Å². The van der Waals surface area contributed by atoms with Gasteiger partial charge in [-0.05, 0) is 35.9 Å². The first-order valence-corrected chi connectivity index (χ1v) is 8.41. The van der Waals surface area contributed by atoms with E-state index in [9.17, 15) is 4.79 Å². The second kappa shape index (κ2) is 8.47. The molecule has 0 aliphatic carbocycles. The van der Waals surface area contributed by atoms with Crippen molar-refractivity contribution in [2.75, 3.05) is 12.0 Å². The molecule has 0 radical (unpaired) electrons. The highest BCUT2D eigenvalue weighted by Crippen LogP contribution is 2.17. The average molecular weight is 300 g/mol. The van der Waals surface area contributed by atoms with Crippen LogP contribution >= 0.6 is 11.8 Å². The third kappa shape index (κ3) is 5.23. The van der Waals surface area contributed by atoms with E-state index >= 15 is 0 Å². The van der Waals surface area contributed by atoms with Gasteiger partial charge in [0, 0.05) is 24.6 Å². The van der Waals surface area contributed by atoms with Gasteiger partial charge in [0.15, 0.2) is 0 Å². The molecule has 2 aromatic rings. The summed E-state index contributed by atoms with van der Waals surface area (Å²) in [6.07, 6.45) is 6.82. The molecule has 1 aromatic carbocycles. The van der Waals surface area contributed by atoms with Gasteiger partial charge in [-0.2, -0.15) is 11.8 Å². The Labute approximate surface area is 130 Å². The van der Waals surface area contributed by atoms with Gasteiger partial charge in [-0.25, -0.2) is 0 Å². The Morgan fingerprint density at radius 1 is 1.19 bits per heavy atom. The number of carbonyl (C=O) groups is 1. The summed E-state index contributed by atoms with van der Waals surface area (Å²) in [7, 11) is 0. The number of aryl methyl sites for hydroxylation is 1. The minimum Gasteiger partial charge on any atom is -0.348 e. The molecule has 3 nitrogen and oxygen atoms in total. The predicted octanol–water partition coefficient (Wildman–Crippen LogP) is 3.23. The first kappa shape index (κ1) is 15.6. The highest BCUT2D eigenvalue weighted by Gasteiger charge is 2.13. The summed E-state index contributed by atoms with van der Waals surface area (Å²) >= 11 is 1.74. The van der Waals surface area contributed by atoms with E-state index in [1.165, 1.54) is 0 Å². The van der Waals surface area contributed by atoms with Gasteiger partial charge in [-0.1, -0.05) is 30.3 Å². The molecular weight excluding hydrogens is 280 g/mol. The molecule has 0 bridgehead atoms. The summed E-state index contributed by atoms with van der Waals surface area (Å²) in [5.74, 6) is 0.972. The molecule has 2 rings (SSSR count). The van der Waals surface area contributed by atoms with E-state index in [1.807, 2.05) is 30.3 Å². The predicted molar refractivity (Wildman–Crippen MR) is 88.3 cm³/mol. The molecule has 0 saturated heterocycles. The number of carbonyl (C=O) groups excluding carboxylic acids is 1. The van der Waals surface area contributed by atoms with Crippen molar-refractivity contribution in [3.63, 3.8) is 0 Å². The number of thioether (sulfide) groups is 1. The van der Waals surface area contributed by atoms with Gasteiger partial charge < -0.3 is 5.32 Å². The minimum atomic E-state index is 0.0751. The lowest BCUT2D eigenvalue weighted by Crippen LogP contribution is -2.30. The van der Waals surface area contributed by atoms with Crippen molar-refractivity contribution in [2.45, 2.75) is 18.9 Å². The van der Waals surface area contributed by atoms with Gasteiger partial charge in [0.05, 0.1) is 6.04 Å². The van der Waals surface area contributed by atoms with Gasteiger partial charge in [0.25, 0.3) is 0 Å². The third-order valence-electron chi connectivity index (χ3n) is 3.26. The van der Waals surface area contributed by atoms with E-state index < -0.39 is 0 Å². The number of pyridine rings is 1. The molecule has 0 fully saturated rings. The molecule has 1 aromatic heterocycles. The topological polar surface area (TPSA) is 42.0 Å². The average Bonchev–Trinajstić information content (AvgIpc) is 2.54. The SMILES string of the molecule is CSC[C@H](NC(=O)CCc1ccncc1)c1ccccc1. The smallest absolute Gasteiger partial charge is 0.220 e. The highest BCUT2D eigenvalue weighted by atomic mass is 32.2. The Morgan fingerprint density at radius 3 is 2.57 bits per heavy atom. The molecule has 0 spiro atoms. The van der Waals surface area contributed by atoms with Gasteiger partial charge >= 0.3 is 0 Å². The summed E-state index contributed by atoms with van der Waals surface area (Å²) in [4.78, 5) is 16.1. The Bertz CT molecular complexity index is 545. The monoisotopic (exact) mass is 300 g/mol. The fraction of sp³-hybridized carbons (Fsp3) is 0.294. The van der Waals surface area contributed by atoms with Crippen LogP contribution in [0.5, 0.6) is 0 Å². The van der Waals surface area contributed by atoms with Crippen molar-refractivity contribution in [1.82, 2.24) is 10.3 Å². The number of aromatic nitrogens is 1. The van der Waals surface area contributed by atoms with Crippen LogP contribution in [0.1, 0.15) is 23.6 Å². The standard InChI is InChI=1S/C17H20N2OS/c1-21-13-16(15-5-3-2-4-6-15)19-17(20)8-7-14-9-11-18-12-10-14/h2-6,9-12,16H,7-8,13H2,1H3,(H,19,20)/t16-/m0/s1. The molecule has 110 valence electrons. The van der Waals surface area contributed by atoms with Crippen molar-refractivity contribution in [3.8, 4) is 0 Å². The van der Waals surface area contributed by atoms with Crippen LogP contribution in [0, 0.1) is 0 Å². The maximum absolute atomic E-state index is 12.1. The fourth-order valence-corrected chi connectivity index (χ4v) is 2.76. The summed E-state index contributed by atoms with van der Waals surface area (Å²) in [6, 6.07) is 14.1. The molecule has 0 aliphatic heterocycles. The molecule has 0 unspecified atom stereocenters. The Kier molecular flexibility index (Phi) is 6.28. The Hall–Kier alpha value is -1.81. The third-order valence-corrected chi connectivity index (χ3v) is 3.93. The van der Waals surface area contributed by atoms with Gasteiger partial charge in [-0.15, -0.1) is 0 Å². The van der Waals surface area contributed by atoms with Crippen molar-refractivity contribution in [2.24, 2.45) is 0 Å². The second-order valence-electron chi connectivity index (χ2n) is 4.84. The van der Waals surface area contributed by atoms with Crippen molar-refractivity contribution in [3.05, 3.63) is 66.0 Å². The summed E-state index contributed by atoms with van der Waals surface area (Å²) in [6.45, 7) is 0. The Morgan fingerprint density at radius 2 is 1.90 bits per heavy atom. The van der Waals surface area contributed by atoms with Crippen LogP contribution in [0.2, 0.25) is 0 Å². The zero-order chi connectivity index (χ0) is 14.9. The number of rotatable bonds is 7. The van der Waals surface area contributed by atoms with Crippen LogP contribution < -0.4 is 5.32 Å². The second-order valence-corrected chi connectivity index (χ2v) is 5.75. The normalized spacial score (nSPS) is 11.9. The van der Waals surface area contributed by atoms with Crippen LogP contribution in [0.15, 0.2) is 54.9 Å². The molecule has 0 saturated carbocycles. The lowest BCUT2D eigenvalue weighted by molar-refractivity contribution is -0.121. The molecule has 1 heterocycles. The van der Waals surface area contributed by atoms with Crippen LogP contribution in [0.25, 0.3) is 0 Å². The molecule has 1 N–H and O–H groups in total. The summed E-state index contributed by atoms with van der Waals surface area (Å²) in [5.41, 5.74) is 2.30. The molecule has 21 heavy (non-hydrogen) atoms. The van der Waals surface area contributed by atoms with Gasteiger partial charge in [0.1, 0.15) is 0 Å². The van der Waals surface area contributed by atoms with Crippen molar-refractivity contribution < 1.29 is 4.79 Å². The van der Waals surface area contributed by atoms with Crippen molar-refractivity contribution >= 4 is 17.7 Å².